The van der Waals surface area contributed by atoms with E-state index in [1.54, 1.807) is 7.11 Å². The van der Waals surface area contributed by atoms with Crippen LogP contribution in [-0.4, -0.2) is 49.6 Å². The van der Waals surface area contributed by atoms with Crippen LogP contribution in [0.25, 0.3) is 0 Å². The molecule has 3 heterocycles. The fraction of sp³-hybridized carbons (Fsp3) is 0.706. The molecule has 1 saturated carbocycles. The average molecular weight is 330 g/mol. The minimum absolute atomic E-state index is 0.191. The van der Waals surface area contributed by atoms with E-state index < -0.39 is 0 Å². The van der Waals surface area contributed by atoms with Crippen LogP contribution in [0, 0.1) is 6.92 Å². The highest BCUT2D eigenvalue weighted by Crippen LogP contribution is 2.33. The number of aromatic nitrogens is 5. The maximum atomic E-state index is 5.59. The van der Waals surface area contributed by atoms with Gasteiger partial charge in [-0.25, -0.2) is 4.98 Å². The first-order chi connectivity index (χ1) is 11.7. The first-order valence-electron chi connectivity index (χ1n) is 8.92. The molecular weight excluding hydrogens is 304 g/mol. The number of methoxy groups -OCH3 is 1. The highest BCUT2D eigenvalue weighted by atomic mass is 16.5. The van der Waals surface area contributed by atoms with Crippen molar-refractivity contribution in [1.82, 2.24) is 29.9 Å². The smallest absolute Gasteiger partial charge is 0.167 e. The lowest BCUT2D eigenvalue weighted by molar-refractivity contribution is 0.107. The second-order valence-corrected chi connectivity index (χ2v) is 7.04. The number of aromatic amines is 1. The van der Waals surface area contributed by atoms with Gasteiger partial charge in [0, 0.05) is 26.4 Å². The van der Waals surface area contributed by atoms with Crippen molar-refractivity contribution in [3.63, 3.8) is 0 Å². The van der Waals surface area contributed by atoms with Gasteiger partial charge in [0.15, 0.2) is 5.82 Å². The normalized spacial score (nSPS) is 25.8. The molecule has 24 heavy (non-hydrogen) atoms. The lowest BCUT2D eigenvalue weighted by atomic mass is 10.2. The molecule has 2 fully saturated rings. The third kappa shape index (κ3) is 3.10. The molecular formula is C17H26N6O. The summed E-state index contributed by atoms with van der Waals surface area (Å²) in [7, 11) is 1.78. The molecule has 1 N–H and O–H groups in total. The summed E-state index contributed by atoms with van der Waals surface area (Å²) in [4.78, 5) is 6.92. The standard InChI is InChI=1S/C17H26N6O/c1-12-18-17(20-19-12)16-9-15(24-2)11-22(16)10-13-7-8-23(21-13)14-5-3-4-6-14/h7-8,14-16H,3-6,9-11H2,1-2H3,(H,18,19,20)/t15-,16+/m1/s1. The SMILES string of the molecule is CO[C@@H]1C[C@@H](c2n[nH]c(C)n2)N(Cc2ccn(C3CCCC3)n2)C1. The molecule has 1 aliphatic carbocycles. The Labute approximate surface area is 142 Å². The van der Waals surface area contributed by atoms with Crippen molar-refractivity contribution in [1.29, 1.82) is 0 Å². The first kappa shape index (κ1) is 15.8. The number of likely N-dealkylation sites (tertiary alicyclic amines) is 1. The predicted molar refractivity (Wildman–Crippen MR) is 89.4 cm³/mol. The van der Waals surface area contributed by atoms with Crippen LogP contribution in [-0.2, 0) is 11.3 Å². The molecule has 2 aliphatic rings. The highest BCUT2D eigenvalue weighted by Gasteiger charge is 2.36. The van der Waals surface area contributed by atoms with Crippen LogP contribution in [0.1, 0.15) is 61.5 Å². The van der Waals surface area contributed by atoms with Crippen LogP contribution in [0.4, 0.5) is 0 Å². The van der Waals surface area contributed by atoms with Gasteiger partial charge in [0.05, 0.1) is 23.9 Å². The van der Waals surface area contributed by atoms with E-state index in [9.17, 15) is 0 Å². The largest absolute Gasteiger partial charge is 0.380 e. The van der Waals surface area contributed by atoms with E-state index in [0.29, 0.717) is 6.04 Å². The summed E-state index contributed by atoms with van der Waals surface area (Å²) in [5, 5.41) is 12.1. The van der Waals surface area contributed by atoms with Crippen molar-refractivity contribution in [2.75, 3.05) is 13.7 Å². The molecule has 2 atom stereocenters. The number of H-pyrrole nitrogens is 1. The Hall–Kier alpha value is -1.73. The van der Waals surface area contributed by atoms with E-state index >= 15 is 0 Å². The van der Waals surface area contributed by atoms with Crippen molar-refractivity contribution in [2.45, 2.75) is 63.8 Å². The molecule has 7 nitrogen and oxygen atoms in total. The molecule has 0 radical (unpaired) electrons. The number of nitrogens with zero attached hydrogens (tertiary/aromatic N) is 5. The summed E-state index contributed by atoms with van der Waals surface area (Å²) in [5.74, 6) is 1.72. The molecule has 0 spiro atoms. The van der Waals surface area contributed by atoms with Crippen LogP contribution in [0.2, 0.25) is 0 Å². The van der Waals surface area contributed by atoms with Crippen molar-refractivity contribution >= 4 is 0 Å². The van der Waals surface area contributed by atoms with Crippen molar-refractivity contribution in [2.24, 2.45) is 0 Å². The second kappa shape index (κ2) is 6.64. The highest BCUT2D eigenvalue weighted by molar-refractivity contribution is 5.06. The summed E-state index contributed by atoms with van der Waals surface area (Å²) in [6, 6.07) is 2.94. The molecule has 0 aromatic carbocycles. The lowest BCUT2D eigenvalue weighted by Crippen LogP contribution is -2.25. The molecule has 0 amide bonds. The number of nitrogens with one attached hydrogen (secondary N) is 1. The van der Waals surface area contributed by atoms with Gasteiger partial charge < -0.3 is 4.74 Å². The Bertz CT molecular complexity index is 674. The molecule has 0 bridgehead atoms. The molecule has 1 saturated heterocycles. The van der Waals surface area contributed by atoms with Gasteiger partial charge in [-0.1, -0.05) is 12.8 Å². The zero-order valence-corrected chi connectivity index (χ0v) is 14.5. The van der Waals surface area contributed by atoms with Crippen LogP contribution in [0.15, 0.2) is 12.3 Å². The topological polar surface area (TPSA) is 71.9 Å². The first-order valence-corrected chi connectivity index (χ1v) is 8.92. The van der Waals surface area contributed by atoms with Crippen LogP contribution < -0.4 is 0 Å². The fourth-order valence-corrected chi connectivity index (χ4v) is 4.03. The fourth-order valence-electron chi connectivity index (χ4n) is 4.03. The Morgan fingerprint density at radius 2 is 2.17 bits per heavy atom. The summed E-state index contributed by atoms with van der Waals surface area (Å²) >= 11 is 0. The molecule has 2 aromatic rings. The summed E-state index contributed by atoms with van der Waals surface area (Å²) in [5.41, 5.74) is 1.12. The minimum atomic E-state index is 0.191. The number of aryl methyl sites for hydroxylation is 1. The molecule has 7 heteroatoms. The Morgan fingerprint density at radius 3 is 2.88 bits per heavy atom. The third-order valence-corrected chi connectivity index (χ3v) is 5.34. The Morgan fingerprint density at radius 1 is 1.33 bits per heavy atom. The quantitative estimate of drug-likeness (QED) is 0.911. The van der Waals surface area contributed by atoms with Crippen LogP contribution in [0.5, 0.6) is 0 Å². The van der Waals surface area contributed by atoms with Gasteiger partial charge in [-0.05, 0) is 32.3 Å². The van der Waals surface area contributed by atoms with E-state index in [1.807, 2.05) is 6.92 Å². The number of ether oxygens (including phenoxy) is 1. The van der Waals surface area contributed by atoms with E-state index in [2.05, 4.69) is 37.0 Å². The zero-order chi connectivity index (χ0) is 16.5. The van der Waals surface area contributed by atoms with E-state index in [4.69, 9.17) is 9.84 Å². The second-order valence-electron chi connectivity index (χ2n) is 7.04. The van der Waals surface area contributed by atoms with Crippen molar-refractivity contribution < 1.29 is 4.74 Å². The van der Waals surface area contributed by atoms with Gasteiger partial charge in [-0.3, -0.25) is 14.7 Å². The molecule has 1 aliphatic heterocycles. The molecule has 2 aromatic heterocycles. The Balaban J connectivity index is 1.49. The van der Waals surface area contributed by atoms with Crippen molar-refractivity contribution in [3.8, 4) is 0 Å². The van der Waals surface area contributed by atoms with Crippen molar-refractivity contribution in [3.05, 3.63) is 29.6 Å². The summed E-state index contributed by atoms with van der Waals surface area (Å²) in [6.07, 6.45) is 8.47. The van der Waals surface area contributed by atoms with Crippen LogP contribution in [0.3, 0.4) is 0 Å². The maximum Gasteiger partial charge on any atom is 0.167 e. The predicted octanol–water partition coefficient (Wildman–Crippen LogP) is 2.39. The molecule has 0 unspecified atom stereocenters. The summed E-state index contributed by atoms with van der Waals surface area (Å²) < 4.78 is 7.76. The van der Waals surface area contributed by atoms with E-state index in [0.717, 1.165) is 36.9 Å². The van der Waals surface area contributed by atoms with Crippen LogP contribution >= 0.6 is 0 Å². The number of hydrogen-bond donors (Lipinski definition) is 1. The molecule has 4 rings (SSSR count). The maximum absolute atomic E-state index is 5.59. The average Bonchev–Trinajstić information content (AvgIpc) is 3.34. The van der Waals surface area contributed by atoms with Gasteiger partial charge in [-0.15, -0.1) is 0 Å². The minimum Gasteiger partial charge on any atom is -0.380 e. The third-order valence-electron chi connectivity index (χ3n) is 5.34. The van der Waals surface area contributed by atoms with Gasteiger partial charge in [0.25, 0.3) is 0 Å². The van der Waals surface area contributed by atoms with Gasteiger partial charge in [0.1, 0.15) is 5.82 Å². The zero-order valence-electron chi connectivity index (χ0n) is 14.5. The summed E-state index contributed by atoms with van der Waals surface area (Å²) in [6.45, 7) is 3.65. The van der Waals surface area contributed by atoms with Gasteiger partial charge in [-0.2, -0.15) is 10.2 Å². The van der Waals surface area contributed by atoms with Gasteiger partial charge in [0.2, 0.25) is 0 Å². The van der Waals surface area contributed by atoms with E-state index in [-0.39, 0.29) is 12.1 Å². The monoisotopic (exact) mass is 330 g/mol. The van der Waals surface area contributed by atoms with Gasteiger partial charge >= 0.3 is 0 Å². The van der Waals surface area contributed by atoms with E-state index in [1.165, 1.54) is 25.7 Å². The lowest BCUT2D eigenvalue weighted by Gasteiger charge is -2.20. The number of rotatable bonds is 5. The molecule has 130 valence electrons. The Kier molecular flexibility index (Phi) is 4.37. The number of hydrogen-bond acceptors (Lipinski definition) is 5.